The van der Waals surface area contributed by atoms with E-state index in [4.69, 9.17) is 0 Å². The fourth-order valence-electron chi connectivity index (χ4n) is 2.31. The first-order chi connectivity index (χ1) is 8.19. The molecule has 1 aromatic heterocycles. The van der Waals surface area contributed by atoms with Crippen molar-refractivity contribution in [2.75, 3.05) is 20.1 Å². The zero-order valence-electron chi connectivity index (χ0n) is 11.0. The number of nitrogens with one attached hydrogen (secondary N) is 1. The van der Waals surface area contributed by atoms with Crippen molar-refractivity contribution in [3.8, 4) is 5.75 Å². The highest BCUT2D eigenvalue weighted by Crippen LogP contribution is 2.19. The zero-order chi connectivity index (χ0) is 12.3. The molecule has 2 heterocycles. The number of pyridine rings is 1. The lowest BCUT2D eigenvalue weighted by atomic mass is 10.1. The van der Waals surface area contributed by atoms with Crippen molar-refractivity contribution in [1.29, 1.82) is 0 Å². The molecule has 1 fully saturated rings. The Morgan fingerprint density at radius 3 is 2.67 bits per heavy atom. The number of aromatic nitrogens is 1. The maximum Gasteiger partial charge on any atom is 0.138 e. The Morgan fingerprint density at radius 2 is 2.06 bits per heavy atom. The van der Waals surface area contributed by atoms with Crippen LogP contribution in [0.15, 0.2) is 12.1 Å². The Hall–Kier alpha value is -0.840. The van der Waals surface area contributed by atoms with Crippen LogP contribution in [-0.4, -0.2) is 41.2 Å². The minimum atomic E-state index is 0. The standard InChI is InChI=1S/C13H21N3O.ClH/c1-10-3-4-13(17)12(15-10)9-16-7-5-11(14-2)6-8-16;/h3-4,11,14,17H,5-9H2,1-2H3;1H. The summed E-state index contributed by atoms with van der Waals surface area (Å²) in [7, 11) is 2.02. The minimum Gasteiger partial charge on any atom is -0.506 e. The van der Waals surface area contributed by atoms with Gasteiger partial charge in [0.05, 0.1) is 5.69 Å². The predicted octanol–water partition coefficient (Wildman–Crippen LogP) is 1.70. The maximum absolute atomic E-state index is 9.76. The van der Waals surface area contributed by atoms with Crippen molar-refractivity contribution in [3.63, 3.8) is 0 Å². The molecule has 0 amide bonds. The van der Waals surface area contributed by atoms with E-state index in [1.165, 1.54) is 12.8 Å². The molecule has 1 aliphatic heterocycles. The van der Waals surface area contributed by atoms with E-state index in [2.05, 4.69) is 15.2 Å². The molecule has 0 spiro atoms. The third-order valence-corrected chi connectivity index (χ3v) is 3.46. The Bertz CT molecular complexity index is 378. The van der Waals surface area contributed by atoms with Gasteiger partial charge < -0.3 is 10.4 Å². The van der Waals surface area contributed by atoms with Crippen LogP contribution >= 0.6 is 12.4 Å². The molecule has 4 nitrogen and oxygen atoms in total. The largest absolute Gasteiger partial charge is 0.506 e. The van der Waals surface area contributed by atoms with Gasteiger partial charge in [-0.3, -0.25) is 9.88 Å². The third kappa shape index (κ3) is 3.83. The second kappa shape index (κ2) is 6.92. The van der Waals surface area contributed by atoms with Crippen LogP contribution in [0.2, 0.25) is 0 Å². The lowest BCUT2D eigenvalue weighted by Gasteiger charge is -2.31. The van der Waals surface area contributed by atoms with Crippen LogP contribution in [0, 0.1) is 6.92 Å². The van der Waals surface area contributed by atoms with Crippen LogP contribution in [0.4, 0.5) is 0 Å². The summed E-state index contributed by atoms with van der Waals surface area (Å²) in [5, 5.41) is 13.1. The molecule has 0 aliphatic carbocycles. The fourth-order valence-corrected chi connectivity index (χ4v) is 2.31. The molecule has 1 saturated heterocycles. The van der Waals surface area contributed by atoms with Gasteiger partial charge in [0.25, 0.3) is 0 Å². The lowest BCUT2D eigenvalue weighted by molar-refractivity contribution is 0.190. The van der Waals surface area contributed by atoms with Gasteiger partial charge in [0.1, 0.15) is 5.75 Å². The number of hydrogen-bond donors (Lipinski definition) is 2. The fraction of sp³-hybridized carbons (Fsp3) is 0.615. The van der Waals surface area contributed by atoms with E-state index in [-0.39, 0.29) is 12.4 Å². The topological polar surface area (TPSA) is 48.4 Å². The highest BCUT2D eigenvalue weighted by atomic mass is 35.5. The normalized spacial score (nSPS) is 17.4. The van der Waals surface area contributed by atoms with Crippen molar-refractivity contribution in [2.24, 2.45) is 0 Å². The van der Waals surface area contributed by atoms with Gasteiger partial charge in [-0.15, -0.1) is 12.4 Å². The number of likely N-dealkylation sites (tertiary alicyclic amines) is 1. The first-order valence-corrected chi connectivity index (χ1v) is 6.24. The molecule has 2 rings (SSSR count). The average Bonchev–Trinajstić information content (AvgIpc) is 2.35. The van der Waals surface area contributed by atoms with E-state index in [0.717, 1.165) is 31.0 Å². The number of hydrogen-bond acceptors (Lipinski definition) is 4. The van der Waals surface area contributed by atoms with Crippen molar-refractivity contribution >= 4 is 12.4 Å². The van der Waals surface area contributed by atoms with Crippen LogP contribution < -0.4 is 5.32 Å². The van der Waals surface area contributed by atoms with Gasteiger partial charge in [0, 0.05) is 31.4 Å². The molecule has 0 aromatic carbocycles. The molecule has 0 unspecified atom stereocenters. The van der Waals surface area contributed by atoms with Gasteiger partial charge in [-0.05, 0) is 38.9 Å². The van der Waals surface area contributed by atoms with E-state index in [1.54, 1.807) is 6.07 Å². The molecule has 2 N–H and O–H groups in total. The van der Waals surface area contributed by atoms with Crippen molar-refractivity contribution in [2.45, 2.75) is 32.4 Å². The quantitative estimate of drug-likeness (QED) is 0.879. The summed E-state index contributed by atoms with van der Waals surface area (Å²) >= 11 is 0. The molecular weight excluding hydrogens is 250 g/mol. The number of nitrogens with zero attached hydrogens (tertiary/aromatic N) is 2. The summed E-state index contributed by atoms with van der Waals surface area (Å²) < 4.78 is 0. The van der Waals surface area contributed by atoms with E-state index >= 15 is 0 Å². The summed E-state index contributed by atoms with van der Waals surface area (Å²) in [6.07, 6.45) is 2.34. The highest BCUT2D eigenvalue weighted by molar-refractivity contribution is 5.85. The summed E-state index contributed by atoms with van der Waals surface area (Å²) in [5.41, 5.74) is 1.76. The van der Waals surface area contributed by atoms with Gasteiger partial charge in [-0.1, -0.05) is 0 Å². The summed E-state index contributed by atoms with van der Waals surface area (Å²) in [6, 6.07) is 4.22. The van der Waals surface area contributed by atoms with Crippen molar-refractivity contribution < 1.29 is 5.11 Å². The number of halogens is 1. The number of rotatable bonds is 3. The van der Waals surface area contributed by atoms with Crippen LogP contribution in [0.3, 0.4) is 0 Å². The summed E-state index contributed by atoms with van der Waals surface area (Å²) in [4.78, 5) is 6.76. The molecule has 102 valence electrons. The average molecular weight is 272 g/mol. The first-order valence-electron chi connectivity index (χ1n) is 6.24. The molecule has 0 atom stereocenters. The Balaban J connectivity index is 0.00000162. The molecule has 1 aliphatic rings. The Labute approximate surface area is 115 Å². The van der Waals surface area contributed by atoms with Gasteiger partial charge in [-0.2, -0.15) is 0 Å². The van der Waals surface area contributed by atoms with Crippen LogP contribution in [0.1, 0.15) is 24.2 Å². The Morgan fingerprint density at radius 1 is 1.39 bits per heavy atom. The van der Waals surface area contributed by atoms with Gasteiger partial charge in [0.2, 0.25) is 0 Å². The van der Waals surface area contributed by atoms with E-state index in [0.29, 0.717) is 11.8 Å². The van der Waals surface area contributed by atoms with Crippen LogP contribution in [0.25, 0.3) is 0 Å². The SMILES string of the molecule is CNC1CCN(Cc2nc(C)ccc2O)CC1.Cl. The summed E-state index contributed by atoms with van der Waals surface area (Å²) in [6.45, 7) is 4.85. The molecule has 1 aromatic rings. The van der Waals surface area contributed by atoms with E-state index in [1.807, 2.05) is 20.0 Å². The molecular formula is C13H22ClN3O. The smallest absolute Gasteiger partial charge is 0.138 e. The van der Waals surface area contributed by atoms with Crippen molar-refractivity contribution in [3.05, 3.63) is 23.5 Å². The second-order valence-corrected chi connectivity index (χ2v) is 4.76. The van der Waals surface area contributed by atoms with E-state index in [9.17, 15) is 5.11 Å². The number of piperidine rings is 1. The third-order valence-electron chi connectivity index (χ3n) is 3.46. The Kier molecular flexibility index (Phi) is 5.85. The maximum atomic E-state index is 9.76. The van der Waals surface area contributed by atoms with Gasteiger partial charge in [-0.25, -0.2) is 0 Å². The zero-order valence-corrected chi connectivity index (χ0v) is 11.8. The molecule has 0 saturated carbocycles. The molecule has 0 bridgehead atoms. The number of aryl methyl sites for hydroxylation is 1. The monoisotopic (exact) mass is 271 g/mol. The van der Waals surface area contributed by atoms with E-state index < -0.39 is 0 Å². The molecule has 5 heteroatoms. The first kappa shape index (κ1) is 15.2. The highest BCUT2D eigenvalue weighted by Gasteiger charge is 2.18. The van der Waals surface area contributed by atoms with Crippen LogP contribution in [-0.2, 0) is 6.54 Å². The van der Waals surface area contributed by atoms with Gasteiger partial charge in [0.15, 0.2) is 0 Å². The molecule has 18 heavy (non-hydrogen) atoms. The predicted molar refractivity (Wildman–Crippen MR) is 75.2 cm³/mol. The number of aromatic hydroxyl groups is 1. The van der Waals surface area contributed by atoms with Crippen molar-refractivity contribution in [1.82, 2.24) is 15.2 Å². The van der Waals surface area contributed by atoms with Crippen LogP contribution in [0.5, 0.6) is 5.75 Å². The minimum absolute atomic E-state index is 0. The second-order valence-electron chi connectivity index (χ2n) is 4.76. The molecule has 0 radical (unpaired) electrons. The summed E-state index contributed by atoms with van der Waals surface area (Å²) in [5.74, 6) is 0.311. The van der Waals surface area contributed by atoms with Gasteiger partial charge >= 0.3 is 0 Å². The lowest BCUT2D eigenvalue weighted by Crippen LogP contribution is -2.40.